The molecule has 0 spiro atoms. The van der Waals surface area contributed by atoms with Gasteiger partial charge in [0, 0.05) is 12.1 Å². The van der Waals surface area contributed by atoms with E-state index in [-0.39, 0.29) is 40.9 Å². The van der Waals surface area contributed by atoms with Gasteiger partial charge >= 0.3 is 6.03 Å². The van der Waals surface area contributed by atoms with Gasteiger partial charge in [0.2, 0.25) is 11.8 Å². The Morgan fingerprint density at radius 2 is 1.56 bits per heavy atom. The highest BCUT2D eigenvalue weighted by Crippen LogP contribution is 2.65. The number of rotatable bonds is 7. The number of amides is 5. The van der Waals surface area contributed by atoms with E-state index in [9.17, 15) is 27.6 Å². The molecule has 11 nitrogen and oxygen atoms in total. The first-order chi connectivity index (χ1) is 18.7. The molecule has 0 radical (unpaired) electrons. The van der Waals surface area contributed by atoms with Crippen molar-refractivity contribution in [2.24, 2.45) is 22.7 Å². The first kappa shape index (κ1) is 30.8. The summed E-state index contributed by atoms with van der Waals surface area (Å²) in [6, 6.07) is 5.30. The fraction of sp³-hybridized carbons (Fsp3) is 0.655. The summed E-state index contributed by atoms with van der Waals surface area (Å²) in [4.78, 5) is 55.2. The molecule has 1 aromatic carbocycles. The van der Waals surface area contributed by atoms with Crippen LogP contribution in [0.15, 0.2) is 35.2 Å². The molecule has 4 N–H and O–H groups in total. The highest BCUT2D eigenvalue weighted by molar-refractivity contribution is 7.90. The highest BCUT2D eigenvalue weighted by atomic mass is 32.2. The lowest BCUT2D eigenvalue weighted by Crippen LogP contribution is -2.62. The number of benzene rings is 1. The van der Waals surface area contributed by atoms with Gasteiger partial charge in [0.25, 0.3) is 15.9 Å². The average molecular weight is 590 g/mol. The Bertz CT molecular complexity index is 1340. The fourth-order valence-corrected chi connectivity index (χ4v) is 6.93. The van der Waals surface area contributed by atoms with Gasteiger partial charge in [-0.05, 0) is 68.4 Å². The van der Waals surface area contributed by atoms with Crippen molar-refractivity contribution < 1.29 is 27.6 Å². The summed E-state index contributed by atoms with van der Waals surface area (Å²) in [6.07, 6.45) is 0.568. The van der Waals surface area contributed by atoms with Crippen LogP contribution in [0.5, 0.6) is 0 Å². The van der Waals surface area contributed by atoms with E-state index in [0.29, 0.717) is 6.54 Å². The van der Waals surface area contributed by atoms with E-state index in [1.807, 2.05) is 55.4 Å². The summed E-state index contributed by atoms with van der Waals surface area (Å²) < 4.78 is 27.6. The third-order valence-corrected chi connectivity index (χ3v) is 9.81. The normalized spacial score (nSPS) is 24.9. The molecule has 1 aliphatic heterocycles. The van der Waals surface area contributed by atoms with Gasteiger partial charge in [0.05, 0.1) is 4.90 Å². The van der Waals surface area contributed by atoms with Crippen molar-refractivity contribution in [3.63, 3.8) is 0 Å². The highest BCUT2D eigenvalue weighted by Gasteiger charge is 2.70. The number of likely N-dealkylation sites (tertiary alicyclic amines) is 1. The number of piperidine rings is 1. The summed E-state index contributed by atoms with van der Waals surface area (Å²) in [7, 11) is -4.12. The van der Waals surface area contributed by atoms with Gasteiger partial charge in [-0.1, -0.05) is 52.8 Å². The number of nitrogens with zero attached hydrogens (tertiary/aromatic N) is 1. The van der Waals surface area contributed by atoms with Gasteiger partial charge in [-0.25, -0.2) is 17.9 Å². The zero-order chi connectivity index (χ0) is 30.8. The van der Waals surface area contributed by atoms with Gasteiger partial charge in [-0.2, -0.15) is 0 Å². The molecule has 4 atom stereocenters. The summed E-state index contributed by atoms with van der Waals surface area (Å²) >= 11 is 0. The minimum absolute atomic E-state index is 0.0539. The van der Waals surface area contributed by atoms with E-state index in [4.69, 9.17) is 0 Å². The SMILES string of the molecule is CC(C)(C)NC(=O)N[C@H](C(=O)N1CC2C([C@H]1C(=O)NC1(C(=O)NS(=O)(=O)c3ccccc3)CC1)C2(C)C)C(C)(C)C. The van der Waals surface area contributed by atoms with E-state index in [2.05, 4.69) is 20.7 Å². The molecule has 0 aromatic heterocycles. The molecule has 2 aliphatic carbocycles. The molecule has 1 saturated heterocycles. The van der Waals surface area contributed by atoms with Crippen molar-refractivity contribution >= 4 is 33.8 Å². The molecule has 3 aliphatic rings. The second-order valence-corrected chi connectivity index (χ2v) is 16.0. The number of urea groups is 1. The van der Waals surface area contributed by atoms with E-state index >= 15 is 0 Å². The van der Waals surface area contributed by atoms with Gasteiger partial charge in [-0.3, -0.25) is 14.4 Å². The maximum absolute atomic E-state index is 14.0. The Morgan fingerprint density at radius 1 is 0.976 bits per heavy atom. The summed E-state index contributed by atoms with van der Waals surface area (Å²) in [5, 5.41) is 8.44. The quantitative estimate of drug-likeness (QED) is 0.382. The lowest BCUT2D eigenvalue weighted by molar-refractivity contribution is -0.144. The number of nitrogens with one attached hydrogen (secondary N) is 4. The molecule has 12 heteroatoms. The first-order valence-corrected chi connectivity index (χ1v) is 15.5. The van der Waals surface area contributed by atoms with E-state index in [1.165, 1.54) is 17.0 Å². The number of carbonyl (C=O) groups excluding carboxylic acids is 4. The Balaban J connectivity index is 1.53. The standard InChI is InChI=1S/C29H43N5O6S/c1-26(2,3)21(30-25(38)32-27(4,5)6)23(36)34-16-18-19(28(18,7)8)20(34)22(35)31-29(14-15-29)24(37)33-41(39,40)17-12-10-9-11-13-17/h9-13,18-21H,14-16H2,1-8H3,(H,31,35)(H,33,37)(H2,30,32,38)/t18?,19?,20-,21+/m0/s1. The maximum Gasteiger partial charge on any atom is 0.315 e. The predicted molar refractivity (Wildman–Crippen MR) is 153 cm³/mol. The summed E-state index contributed by atoms with van der Waals surface area (Å²) in [6.45, 7) is 15.5. The van der Waals surface area contributed by atoms with Crippen LogP contribution < -0.4 is 20.7 Å². The zero-order valence-electron chi connectivity index (χ0n) is 25.1. The van der Waals surface area contributed by atoms with Crippen molar-refractivity contribution in [1.82, 2.24) is 25.6 Å². The molecule has 3 fully saturated rings. The minimum Gasteiger partial charge on any atom is -0.340 e. The number of hydrogen-bond acceptors (Lipinski definition) is 6. The molecule has 1 heterocycles. The summed E-state index contributed by atoms with van der Waals surface area (Å²) in [5.74, 6) is -1.69. The second kappa shape index (κ2) is 9.99. The lowest BCUT2D eigenvalue weighted by Gasteiger charge is -2.38. The third-order valence-electron chi connectivity index (χ3n) is 8.46. The first-order valence-electron chi connectivity index (χ1n) is 14.0. The Hall–Kier alpha value is -3.15. The number of fused-ring (bicyclic) bond motifs is 1. The Labute approximate surface area is 242 Å². The van der Waals surface area contributed by atoms with Gasteiger partial charge in [0.1, 0.15) is 17.6 Å². The smallest absolute Gasteiger partial charge is 0.315 e. The Kier molecular flexibility index (Phi) is 7.51. The van der Waals surface area contributed by atoms with Crippen molar-refractivity contribution in [3.8, 4) is 0 Å². The minimum atomic E-state index is -4.12. The van der Waals surface area contributed by atoms with Crippen LogP contribution in [0.2, 0.25) is 0 Å². The molecular weight excluding hydrogens is 546 g/mol. The van der Waals surface area contributed by atoms with Crippen LogP contribution >= 0.6 is 0 Å². The molecular formula is C29H43N5O6S. The predicted octanol–water partition coefficient (Wildman–Crippen LogP) is 2.14. The maximum atomic E-state index is 14.0. The van der Waals surface area contributed by atoms with Crippen LogP contribution in [0.3, 0.4) is 0 Å². The second-order valence-electron chi connectivity index (χ2n) is 14.4. The van der Waals surface area contributed by atoms with E-state index in [0.717, 1.165) is 0 Å². The van der Waals surface area contributed by atoms with Gasteiger partial charge < -0.3 is 20.9 Å². The van der Waals surface area contributed by atoms with Crippen molar-refractivity contribution in [2.75, 3.05) is 6.54 Å². The number of carbonyl (C=O) groups is 4. The lowest BCUT2D eigenvalue weighted by atomic mass is 9.85. The van der Waals surface area contributed by atoms with Crippen LogP contribution in [-0.2, 0) is 24.4 Å². The van der Waals surface area contributed by atoms with Crippen LogP contribution in [0.4, 0.5) is 4.79 Å². The third kappa shape index (κ3) is 6.22. The van der Waals surface area contributed by atoms with Crippen LogP contribution in [0, 0.1) is 22.7 Å². The molecule has 41 heavy (non-hydrogen) atoms. The molecule has 4 rings (SSSR count). The largest absolute Gasteiger partial charge is 0.340 e. The number of sulfonamides is 1. The number of hydrogen-bond donors (Lipinski definition) is 4. The van der Waals surface area contributed by atoms with Crippen LogP contribution in [-0.4, -0.2) is 66.8 Å². The fourth-order valence-electron chi connectivity index (χ4n) is 5.86. The topological polar surface area (TPSA) is 154 Å². The molecule has 226 valence electrons. The zero-order valence-corrected chi connectivity index (χ0v) is 25.9. The van der Waals surface area contributed by atoms with Gasteiger partial charge in [-0.15, -0.1) is 0 Å². The summed E-state index contributed by atoms with van der Waals surface area (Å²) in [5.41, 5.74) is -2.70. The molecule has 5 amide bonds. The van der Waals surface area contributed by atoms with E-state index < -0.39 is 56.4 Å². The molecule has 0 bridgehead atoms. The van der Waals surface area contributed by atoms with Crippen molar-refractivity contribution in [2.45, 2.75) is 96.3 Å². The molecule has 2 unspecified atom stereocenters. The molecule has 1 aromatic rings. The van der Waals surface area contributed by atoms with Crippen LogP contribution in [0.25, 0.3) is 0 Å². The average Bonchev–Trinajstić information content (AvgIpc) is 3.65. The molecule has 2 saturated carbocycles. The van der Waals surface area contributed by atoms with Crippen LogP contribution in [0.1, 0.15) is 68.2 Å². The van der Waals surface area contributed by atoms with Crippen molar-refractivity contribution in [1.29, 1.82) is 0 Å². The van der Waals surface area contributed by atoms with Gasteiger partial charge in [0.15, 0.2) is 0 Å². The van der Waals surface area contributed by atoms with E-state index in [1.54, 1.807) is 18.2 Å². The Morgan fingerprint density at radius 3 is 2.07 bits per heavy atom. The van der Waals surface area contributed by atoms with Crippen molar-refractivity contribution in [3.05, 3.63) is 30.3 Å². The monoisotopic (exact) mass is 589 g/mol.